The smallest absolute Gasteiger partial charge is 0.202 e. The fourth-order valence-corrected chi connectivity index (χ4v) is 4.01. The van der Waals surface area contributed by atoms with Crippen molar-refractivity contribution in [3.05, 3.63) is 36.3 Å². The van der Waals surface area contributed by atoms with Crippen LogP contribution in [-0.2, 0) is 0 Å². The highest BCUT2D eigenvalue weighted by atomic mass is 79.9. The van der Waals surface area contributed by atoms with E-state index in [0.29, 0.717) is 0 Å². The normalized spacial score (nSPS) is 11.0. The summed E-state index contributed by atoms with van der Waals surface area (Å²) in [4.78, 5) is 12.6. The van der Waals surface area contributed by atoms with Crippen LogP contribution in [0.25, 0.3) is 22.3 Å². The monoisotopic (exact) mass is 520 g/mol. The summed E-state index contributed by atoms with van der Waals surface area (Å²) in [6, 6.07) is 2.49. The molecule has 27 heavy (non-hydrogen) atoms. The Bertz CT molecular complexity index is 1140. The Morgan fingerprint density at radius 2 is 1.67 bits per heavy atom. The van der Waals surface area contributed by atoms with Crippen LogP contribution in [0.4, 0.5) is 0 Å². The third kappa shape index (κ3) is 2.99. The van der Waals surface area contributed by atoms with E-state index in [-0.39, 0.29) is 59.3 Å². The minimum atomic E-state index is -0.577. The van der Waals surface area contributed by atoms with E-state index in [1.165, 1.54) is 20.3 Å². The van der Waals surface area contributed by atoms with Gasteiger partial charge in [-0.15, -0.1) is 0 Å². The second-order valence-electron chi connectivity index (χ2n) is 5.33. The molecule has 3 N–H and O–H groups in total. The summed E-state index contributed by atoms with van der Waals surface area (Å²) in [5.74, 6) is -1.11. The molecule has 2 aromatic carbocycles. The zero-order valence-electron chi connectivity index (χ0n) is 13.8. The van der Waals surface area contributed by atoms with Crippen LogP contribution in [0.15, 0.2) is 30.3 Å². The summed E-state index contributed by atoms with van der Waals surface area (Å²) < 4.78 is 15.9. The highest BCUT2D eigenvalue weighted by Crippen LogP contribution is 2.49. The molecule has 0 atom stereocenters. The van der Waals surface area contributed by atoms with Gasteiger partial charge in [-0.2, -0.15) is 0 Å². The van der Waals surface area contributed by atoms with Crippen LogP contribution in [-0.4, -0.2) is 29.5 Å². The van der Waals surface area contributed by atoms with Crippen molar-refractivity contribution >= 4 is 54.4 Å². The number of rotatable bonds is 3. The molecule has 0 aliphatic carbocycles. The average molecular weight is 523 g/mol. The van der Waals surface area contributed by atoms with Gasteiger partial charge in [0.2, 0.25) is 5.75 Å². The molecule has 7 nitrogen and oxygen atoms in total. The molecule has 0 aliphatic heterocycles. The molecule has 1 aromatic heterocycles. The van der Waals surface area contributed by atoms with Crippen LogP contribution in [0.3, 0.4) is 0 Å². The zero-order chi connectivity index (χ0) is 20.0. The second-order valence-corrected chi connectivity index (χ2v) is 7.29. The van der Waals surface area contributed by atoms with Gasteiger partial charge in [0.05, 0.1) is 19.2 Å². The maximum atomic E-state index is 12.6. The number of hydrogen-bond donors (Lipinski definition) is 3. The van der Waals surface area contributed by atoms with Crippen molar-refractivity contribution in [2.45, 2.75) is 0 Å². The molecular weight excluding hydrogens is 511 g/mol. The molecule has 0 saturated heterocycles. The number of benzene rings is 2. The van der Waals surface area contributed by atoms with Crippen molar-refractivity contribution in [1.82, 2.24) is 0 Å². The van der Waals surface area contributed by atoms with E-state index in [2.05, 4.69) is 31.9 Å². The van der Waals surface area contributed by atoms with E-state index in [4.69, 9.17) is 25.5 Å². The second kappa shape index (κ2) is 7.14. The Morgan fingerprint density at radius 3 is 2.26 bits per heavy atom. The van der Waals surface area contributed by atoms with Gasteiger partial charge in [0.15, 0.2) is 28.3 Å². The zero-order valence-corrected chi connectivity index (χ0v) is 17.7. The van der Waals surface area contributed by atoms with Crippen molar-refractivity contribution in [2.75, 3.05) is 14.2 Å². The lowest BCUT2D eigenvalue weighted by molar-refractivity contribution is 0.340. The van der Waals surface area contributed by atoms with Crippen molar-refractivity contribution in [1.29, 1.82) is 0 Å². The first-order valence-corrected chi connectivity index (χ1v) is 9.19. The van der Waals surface area contributed by atoms with Gasteiger partial charge in [0, 0.05) is 11.6 Å². The highest BCUT2D eigenvalue weighted by Gasteiger charge is 2.24. The molecule has 1 heterocycles. The van der Waals surface area contributed by atoms with E-state index >= 15 is 0 Å². The van der Waals surface area contributed by atoms with Gasteiger partial charge in [-0.25, -0.2) is 0 Å². The summed E-state index contributed by atoms with van der Waals surface area (Å²) in [6.07, 6.45) is 0. The molecule has 0 fully saturated rings. The predicted molar refractivity (Wildman–Crippen MR) is 106 cm³/mol. The van der Waals surface area contributed by atoms with Crippen LogP contribution in [0, 0.1) is 0 Å². The average Bonchev–Trinajstić information content (AvgIpc) is 2.64. The Morgan fingerprint density at radius 1 is 1.00 bits per heavy atom. The van der Waals surface area contributed by atoms with Crippen LogP contribution < -0.4 is 14.9 Å². The van der Waals surface area contributed by atoms with E-state index in [0.717, 1.165) is 6.07 Å². The molecule has 0 bridgehead atoms. The van der Waals surface area contributed by atoms with Gasteiger partial charge in [-0.1, -0.05) is 11.6 Å². The van der Waals surface area contributed by atoms with E-state index < -0.39 is 11.2 Å². The SMILES string of the molecule is COc1cc(-c2cc(=O)c3c(O)c(Br)c(O)c(Br)c3o2)c(Cl)c(OC)c1O. The van der Waals surface area contributed by atoms with Crippen LogP contribution in [0.5, 0.6) is 28.7 Å². The van der Waals surface area contributed by atoms with Crippen LogP contribution >= 0.6 is 43.5 Å². The maximum absolute atomic E-state index is 12.6. The Labute approximate surface area is 174 Å². The van der Waals surface area contributed by atoms with Gasteiger partial charge in [0.25, 0.3) is 0 Å². The maximum Gasteiger partial charge on any atom is 0.202 e. The molecule has 142 valence electrons. The van der Waals surface area contributed by atoms with E-state index in [9.17, 15) is 20.1 Å². The summed E-state index contributed by atoms with van der Waals surface area (Å²) in [5.41, 5.74) is -0.457. The number of phenolic OH excluding ortho intramolecular Hbond substituents is 3. The summed E-state index contributed by atoms with van der Waals surface area (Å²) >= 11 is 12.4. The molecule has 3 rings (SSSR count). The fraction of sp³-hybridized carbons (Fsp3) is 0.118. The first kappa shape index (κ1) is 19.7. The lowest BCUT2D eigenvalue weighted by Crippen LogP contribution is -2.02. The lowest BCUT2D eigenvalue weighted by Gasteiger charge is -2.14. The van der Waals surface area contributed by atoms with E-state index in [1.807, 2.05) is 0 Å². The quantitative estimate of drug-likeness (QED) is 0.455. The Kier molecular flexibility index (Phi) is 5.20. The van der Waals surface area contributed by atoms with Gasteiger partial charge in [0.1, 0.15) is 25.8 Å². The van der Waals surface area contributed by atoms with Gasteiger partial charge < -0.3 is 29.2 Å². The number of halogens is 3. The minimum Gasteiger partial charge on any atom is -0.506 e. The molecule has 3 aromatic rings. The summed E-state index contributed by atoms with van der Waals surface area (Å²) in [7, 11) is 2.65. The number of methoxy groups -OCH3 is 2. The highest BCUT2D eigenvalue weighted by molar-refractivity contribution is 9.11. The molecule has 0 radical (unpaired) electrons. The third-order valence-electron chi connectivity index (χ3n) is 3.86. The van der Waals surface area contributed by atoms with Crippen molar-refractivity contribution in [3.63, 3.8) is 0 Å². The molecule has 0 amide bonds. The molecule has 0 aliphatic rings. The number of ether oxygens (including phenoxy) is 2. The standard InChI is InChI=1S/C17H11Br2ClO7/c1-25-8-3-5(12(20)17(26-2)13(8)22)7-4-6(21)9-14(23)10(18)15(24)11(19)16(9)27-7/h3-4,22-24H,1-2H3. The lowest BCUT2D eigenvalue weighted by atomic mass is 10.1. The topological polar surface area (TPSA) is 109 Å². The number of phenols is 3. The Hall–Kier alpha value is -2.10. The van der Waals surface area contributed by atoms with Crippen LogP contribution in [0.2, 0.25) is 5.02 Å². The Balaban J connectivity index is 2.43. The number of hydrogen-bond acceptors (Lipinski definition) is 7. The molecular formula is C17H11Br2ClO7. The first-order chi connectivity index (χ1) is 12.7. The first-order valence-electron chi connectivity index (χ1n) is 7.23. The summed E-state index contributed by atoms with van der Waals surface area (Å²) in [5, 5.41) is 30.2. The molecule has 0 spiro atoms. The number of fused-ring (bicyclic) bond motifs is 1. The predicted octanol–water partition coefficient (Wildman–Crippen LogP) is 4.77. The minimum absolute atomic E-state index is 0.0101. The fourth-order valence-electron chi connectivity index (χ4n) is 2.55. The van der Waals surface area contributed by atoms with Crippen molar-refractivity contribution < 1.29 is 29.2 Å². The molecule has 0 unspecified atom stereocenters. The molecule has 10 heteroatoms. The van der Waals surface area contributed by atoms with Crippen LogP contribution in [0.1, 0.15) is 0 Å². The van der Waals surface area contributed by atoms with Gasteiger partial charge >= 0.3 is 0 Å². The number of aromatic hydroxyl groups is 3. The van der Waals surface area contributed by atoms with E-state index in [1.54, 1.807) is 0 Å². The molecule has 0 saturated carbocycles. The third-order valence-corrected chi connectivity index (χ3v) is 5.72. The largest absolute Gasteiger partial charge is 0.506 e. The van der Waals surface area contributed by atoms with Crippen molar-refractivity contribution in [3.8, 4) is 40.1 Å². The van der Waals surface area contributed by atoms with Gasteiger partial charge in [-0.3, -0.25) is 4.79 Å². The summed E-state index contributed by atoms with van der Waals surface area (Å²) in [6.45, 7) is 0. The van der Waals surface area contributed by atoms with Gasteiger partial charge in [-0.05, 0) is 37.9 Å². The van der Waals surface area contributed by atoms with Crippen molar-refractivity contribution in [2.24, 2.45) is 0 Å².